The van der Waals surface area contributed by atoms with Gasteiger partial charge in [-0.25, -0.2) is 18.2 Å². The van der Waals surface area contributed by atoms with Crippen molar-refractivity contribution in [2.24, 2.45) is 10.8 Å². The van der Waals surface area contributed by atoms with Crippen LogP contribution < -0.4 is 10.7 Å². The van der Waals surface area contributed by atoms with Gasteiger partial charge in [-0.3, -0.25) is 0 Å². The van der Waals surface area contributed by atoms with E-state index in [0.717, 1.165) is 23.2 Å². The number of nitrogens with two attached hydrogens (primary N) is 1. The number of thioether (sulfide) groups is 1. The van der Waals surface area contributed by atoms with Gasteiger partial charge >= 0.3 is 0 Å². The molecule has 30 heavy (non-hydrogen) atoms. The second-order valence-corrected chi connectivity index (χ2v) is 9.03. The van der Waals surface area contributed by atoms with Crippen LogP contribution in [-0.2, 0) is 4.87 Å². The molecule has 3 aromatic rings. The molecule has 0 aliphatic carbocycles. The van der Waals surface area contributed by atoms with Crippen molar-refractivity contribution in [2.75, 3.05) is 11.6 Å². The molecule has 1 aliphatic rings. The molecule has 0 saturated carbocycles. The second-order valence-electron chi connectivity index (χ2n) is 6.75. The predicted octanol–water partition coefficient (Wildman–Crippen LogP) is 5.02. The van der Waals surface area contributed by atoms with Crippen molar-refractivity contribution in [2.45, 2.75) is 24.6 Å². The molecule has 1 atom stereocenters. The van der Waals surface area contributed by atoms with Crippen LogP contribution in [0.25, 0.3) is 11.1 Å². The number of nitrogens with zero attached hydrogens (tertiary/aromatic N) is 4. The first-order valence-corrected chi connectivity index (χ1v) is 10.9. The molecule has 2 aromatic carbocycles. The highest BCUT2D eigenvalue weighted by atomic mass is 32.2. The summed E-state index contributed by atoms with van der Waals surface area (Å²) in [7, 11) is 0. The van der Waals surface area contributed by atoms with Crippen molar-refractivity contribution in [3.8, 4) is 11.1 Å². The number of hydrazone groups is 1. The topological polar surface area (TPSA) is 67.4 Å². The van der Waals surface area contributed by atoms with Crippen LogP contribution in [0, 0.1) is 24.4 Å². The van der Waals surface area contributed by atoms with E-state index in [4.69, 9.17) is 5.73 Å². The lowest BCUT2D eigenvalue weighted by Gasteiger charge is -2.35. The third-order valence-electron chi connectivity index (χ3n) is 4.80. The lowest BCUT2D eigenvalue weighted by Crippen LogP contribution is -2.38. The van der Waals surface area contributed by atoms with Crippen LogP contribution in [0.5, 0.6) is 0 Å². The van der Waals surface area contributed by atoms with Crippen LogP contribution >= 0.6 is 23.1 Å². The molecule has 1 aromatic heterocycles. The van der Waals surface area contributed by atoms with E-state index < -0.39 is 22.3 Å². The standard InChI is InChI=1S/C20H18F3N5S2/c1-12-26-27-19(30-12)28-20(7-2-8-24,29-11-25-28)13-3-5-17(22)15(9-13)16-10-14(21)4-6-18(16)23/h3-6,9-11H,2,7-8,24H2,1H3. The zero-order chi connectivity index (χ0) is 21.3. The summed E-state index contributed by atoms with van der Waals surface area (Å²) in [6, 6.07) is 7.44. The molecular weight excluding hydrogens is 431 g/mol. The van der Waals surface area contributed by atoms with Crippen molar-refractivity contribution in [3.05, 3.63) is 64.4 Å². The first kappa shape index (κ1) is 20.8. The molecule has 4 rings (SSSR count). The van der Waals surface area contributed by atoms with Gasteiger partial charge in [-0.1, -0.05) is 29.2 Å². The average Bonchev–Trinajstić information content (AvgIpc) is 3.35. The predicted molar refractivity (Wildman–Crippen MR) is 115 cm³/mol. The smallest absolute Gasteiger partial charge is 0.230 e. The molecule has 1 aliphatic heterocycles. The number of rotatable bonds is 6. The minimum Gasteiger partial charge on any atom is -0.330 e. The number of hydrogen-bond acceptors (Lipinski definition) is 7. The van der Waals surface area contributed by atoms with Crippen molar-refractivity contribution >= 4 is 33.8 Å². The van der Waals surface area contributed by atoms with Gasteiger partial charge in [0, 0.05) is 11.1 Å². The van der Waals surface area contributed by atoms with Crippen molar-refractivity contribution in [1.82, 2.24) is 10.2 Å². The van der Waals surface area contributed by atoms with Gasteiger partial charge in [0.05, 0.1) is 5.55 Å². The summed E-state index contributed by atoms with van der Waals surface area (Å²) >= 11 is 2.82. The number of anilines is 1. The largest absolute Gasteiger partial charge is 0.330 e. The summed E-state index contributed by atoms with van der Waals surface area (Å²) in [4.78, 5) is -0.752. The Balaban J connectivity index is 1.85. The molecule has 10 heteroatoms. The Hall–Kier alpha value is -2.43. The van der Waals surface area contributed by atoms with Crippen LogP contribution in [-0.4, -0.2) is 22.3 Å². The highest BCUT2D eigenvalue weighted by Crippen LogP contribution is 2.50. The lowest BCUT2D eigenvalue weighted by molar-refractivity contribution is 0.523. The summed E-state index contributed by atoms with van der Waals surface area (Å²) in [5.74, 6) is -1.98. The molecule has 2 heterocycles. The van der Waals surface area contributed by atoms with Crippen LogP contribution in [0.2, 0.25) is 0 Å². The molecule has 0 bridgehead atoms. The van der Waals surface area contributed by atoms with Gasteiger partial charge in [-0.05, 0) is 62.2 Å². The first-order valence-electron chi connectivity index (χ1n) is 9.21. The summed E-state index contributed by atoms with van der Waals surface area (Å²) in [6.45, 7) is 2.30. The average molecular weight is 450 g/mol. The van der Waals surface area contributed by atoms with Gasteiger partial charge in [0.2, 0.25) is 5.13 Å². The fourth-order valence-electron chi connectivity index (χ4n) is 3.40. The molecule has 0 saturated heterocycles. The maximum atomic E-state index is 14.7. The van der Waals surface area contributed by atoms with Gasteiger partial charge in [0.1, 0.15) is 27.3 Å². The summed E-state index contributed by atoms with van der Waals surface area (Å²) in [6.07, 6.45) is 1.26. The zero-order valence-corrected chi connectivity index (χ0v) is 17.6. The minimum absolute atomic E-state index is 0.0162. The van der Waals surface area contributed by atoms with E-state index in [0.29, 0.717) is 30.1 Å². The Bertz CT molecular complexity index is 1100. The molecule has 156 valence electrons. The third kappa shape index (κ3) is 3.70. The molecule has 0 fully saturated rings. The Morgan fingerprint density at radius 1 is 1.03 bits per heavy atom. The van der Waals surface area contributed by atoms with Gasteiger partial charge in [-0.15, -0.1) is 10.2 Å². The van der Waals surface area contributed by atoms with E-state index in [1.54, 1.807) is 22.7 Å². The molecular formula is C20H18F3N5S2. The van der Waals surface area contributed by atoms with E-state index in [2.05, 4.69) is 15.3 Å². The first-order chi connectivity index (χ1) is 14.4. The fraction of sp³-hybridized carbons (Fsp3) is 0.250. The van der Waals surface area contributed by atoms with E-state index in [-0.39, 0.29) is 11.1 Å². The van der Waals surface area contributed by atoms with Gasteiger partial charge in [0.15, 0.2) is 0 Å². The second kappa shape index (κ2) is 8.37. The maximum absolute atomic E-state index is 14.7. The summed E-state index contributed by atoms with van der Waals surface area (Å²) < 4.78 is 42.8. The van der Waals surface area contributed by atoms with Gasteiger partial charge in [0.25, 0.3) is 0 Å². The molecule has 0 spiro atoms. The van der Waals surface area contributed by atoms with E-state index in [1.165, 1.54) is 29.2 Å². The Morgan fingerprint density at radius 2 is 1.77 bits per heavy atom. The summed E-state index contributed by atoms with van der Waals surface area (Å²) in [5.41, 5.74) is 8.00. The third-order valence-corrected chi connectivity index (χ3v) is 6.82. The highest BCUT2D eigenvalue weighted by molar-refractivity contribution is 8.13. The van der Waals surface area contributed by atoms with Crippen molar-refractivity contribution in [1.29, 1.82) is 0 Å². The molecule has 5 nitrogen and oxygen atoms in total. The quantitative estimate of drug-likeness (QED) is 0.572. The van der Waals surface area contributed by atoms with Crippen LogP contribution in [0.15, 0.2) is 41.5 Å². The highest BCUT2D eigenvalue weighted by Gasteiger charge is 2.44. The normalized spacial score (nSPS) is 18.4. The van der Waals surface area contributed by atoms with Crippen molar-refractivity contribution in [3.63, 3.8) is 0 Å². The fourth-order valence-corrected chi connectivity index (χ4v) is 5.25. The number of aromatic nitrogens is 2. The number of halogens is 3. The molecule has 2 N–H and O–H groups in total. The van der Waals surface area contributed by atoms with E-state index >= 15 is 0 Å². The zero-order valence-electron chi connectivity index (χ0n) is 16.0. The maximum Gasteiger partial charge on any atom is 0.230 e. The van der Waals surface area contributed by atoms with Crippen molar-refractivity contribution < 1.29 is 13.2 Å². The van der Waals surface area contributed by atoms with Gasteiger partial charge in [-0.2, -0.15) is 5.10 Å². The van der Waals surface area contributed by atoms with Crippen LogP contribution in [0.3, 0.4) is 0 Å². The Morgan fingerprint density at radius 3 is 2.47 bits per heavy atom. The Kier molecular flexibility index (Phi) is 5.81. The van der Waals surface area contributed by atoms with E-state index in [9.17, 15) is 13.2 Å². The monoisotopic (exact) mass is 449 g/mol. The van der Waals surface area contributed by atoms with Crippen LogP contribution in [0.1, 0.15) is 23.4 Å². The number of benzene rings is 2. The number of aryl methyl sites for hydroxylation is 1. The van der Waals surface area contributed by atoms with Gasteiger partial charge < -0.3 is 5.73 Å². The molecule has 0 amide bonds. The summed E-state index contributed by atoms with van der Waals surface area (Å²) in [5, 5.41) is 15.9. The molecule has 0 radical (unpaired) electrons. The Labute approximate surface area is 179 Å². The van der Waals surface area contributed by atoms with Crippen LogP contribution in [0.4, 0.5) is 18.3 Å². The van der Waals surface area contributed by atoms with E-state index in [1.807, 2.05) is 6.92 Å². The lowest BCUT2D eigenvalue weighted by atomic mass is 9.95. The molecule has 1 unspecified atom stereocenters. The minimum atomic E-state index is -0.752. The number of hydrogen-bond donors (Lipinski definition) is 1. The SMILES string of the molecule is Cc1nnc(N2N=CSC2(CCCN)c2ccc(F)c(-c3cc(F)ccc3F)c2)s1.